The highest BCUT2D eigenvalue weighted by Gasteiger charge is 2.47. The molecule has 1 saturated carbocycles. The first-order valence-electron chi connectivity index (χ1n) is 7.57. The van der Waals surface area contributed by atoms with Gasteiger partial charge in [0.25, 0.3) is 5.89 Å². The SMILES string of the molecule is Cl.NCC1(c2nocc2-c2nc(COc3ccccc3Cl)no2)CC1. The average molecular weight is 383 g/mol. The van der Waals surface area contributed by atoms with Gasteiger partial charge in [-0.05, 0) is 25.0 Å². The number of nitrogens with zero attached hydrogens (tertiary/aromatic N) is 3. The molecule has 7 nitrogen and oxygen atoms in total. The van der Waals surface area contributed by atoms with Crippen LogP contribution in [0, 0.1) is 0 Å². The van der Waals surface area contributed by atoms with E-state index in [0.717, 1.165) is 18.5 Å². The van der Waals surface area contributed by atoms with Crippen molar-refractivity contribution in [2.75, 3.05) is 6.54 Å². The van der Waals surface area contributed by atoms with Crippen molar-refractivity contribution in [3.05, 3.63) is 47.1 Å². The van der Waals surface area contributed by atoms with Crippen LogP contribution in [0.4, 0.5) is 0 Å². The number of aromatic nitrogens is 3. The first-order valence-corrected chi connectivity index (χ1v) is 7.95. The molecule has 0 amide bonds. The molecule has 3 aromatic rings. The Morgan fingerprint density at radius 3 is 2.76 bits per heavy atom. The van der Waals surface area contributed by atoms with Gasteiger partial charge in [-0.15, -0.1) is 12.4 Å². The lowest BCUT2D eigenvalue weighted by Crippen LogP contribution is -2.20. The molecule has 2 N–H and O–H groups in total. The summed E-state index contributed by atoms with van der Waals surface area (Å²) in [7, 11) is 0. The van der Waals surface area contributed by atoms with Crippen LogP contribution in [0.15, 0.2) is 39.6 Å². The lowest BCUT2D eigenvalue weighted by Gasteiger charge is -2.08. The molecule has 1 aliphatic rings. The van der Waals surface area contributed by atoms with Crippen molar-refractivity contribution in [1.82, 2.24) is 15.3 Å². The molecule has 0 saturated heterocycles. The number of halogens is 2. The number of hydrogen-bond acceptors (Lipinski definition) is 7. The van der Waals surface area contributed by atoms with Gasteiger partial charge in [-0.2, -0.15) is 4.98 Å². The lowest BCUT2D eigenvalue weighted by atomic mass is 9.99. The van der Waals surface area contributed by atoms with Crippen LogP contribution < -0.4 is 10.5 Å². The van der Waals surface area contributed by atoms with Crippen LogP contribution in [0.25, 0.3) is 11.5 Å². The molecule has 9 heteroatoms. The number of nitrogens with two attached hydrogens (primary N) is 1. The maximum absolute atomic E-state index is 6.05. The minimum Gasteiger partial charge on any atom is -0.484 e. The average Bonchev–Trinajstić information content (AvgIpc) is 3.02. The van der Waals surface area contributed by atoms with Crippen molar-refractivity contribution in [2.24, 2.45) is 5.73 Å². The third kappa shape index (κ3) is 3.35. The van der Waals surface area contributed by atoms with E-state index in [2.05, 4.69) is 15.3 Å². The van der Waals surface area contributed by atoms with Crippen molar-refractivity contribution >= 4 is 24.0 Å². The summed E-state index contributed by atoms with van der Waals surface area (Å²) in [6, 6.07) is 7.21. The number of rotatable bonds is 6. The number of para-hydroxylation sites is 1. The number of ether oxygens (including phenoxy) is 1. The van der Waals surface area contributed by atoms with Crippen LogP contribution in [0.2, 0.25) is 5.02 Å². The standard InChI is InChI=1S/C16H15ClN4O3.ClH/c17-11-3-1-2-4-12(11)22-8-13-19-15(24-20-13)10-7-23-21-14(10)16(9-18)5-6-16;/h1-4,7H,5-6,8-9,18H2;1H. The highest BCUT2D eigenvalue weighted by molar-refractivity contribution is 6.32. The summed E-state index contributed by atoms with van der Waals surface area (Å²) in [5.74, 6) is 1.33. The first-order chi connectivity index (χ1) is 11.7. The molecule has 2 heterocycles. The minimum absolute atomic E-state index is 0. The van der Waals surface area contributed by atoms with E-state index >= 15 is 0 Å². The quantitative estimate of drug-likeness (QED) is 0.697. The van der Waals surface area contributed by atoms with Crippen molar-refractivity contribution in [2.45, 2.75) is 24.9 Å². The van der Waals surface area contributed by atoms with E-state index < -0.39 is 0 Å². The fraction of sp³-hybridized carbons (Fsp3) is 0.312. The normalized spacial score (nSPS) is 14.8. The summed E-state index contributed by atoms with van der Waals surface area (Å²) < 4.78 is 16.0. The Morgan fingerprint density at radius 2 is 2.04 bits per heavy atom. The third-order valence-electron chi connectivity index (χ3n) is 4.21. The highest BCUT2D eigenvalue weighted by atomic mass is 35.5. The zero-order chi connectivity index (χ0) is 16.6. The summed E-state index contributed by atoms with van der Waals surface area (Å²) in [6.07, 6.45) is 3.48. The van der Waals surface area contributed by atoms with Crippen molar-refractivity contribution in [3.8, 4) is 17.2 Å². The zero-order valence-corrected chi connectivity index (χ0v) is 14.7. The predicted octanol–water partition coefficient (Wildman–Crippen LogP) is 3.37. The zero-order valence-electron chi connectivity index (χ0n) is 13.1. The molecule has 25 heavy (non-hydrogen) atoms. The topological polar surface area (TPSA) is 100 Å². The fourth-order valence-corrected chi connectivity index (χ4v) is 2.78. The van der Waals surface area contributed by atoms with Crippen LogP contribution in [0.1, 0.15) is 24.4 Å². The largest absolute Gasteiger partial charge is 0.484 e. The van der Waals surface area contributed by atoms with Gasteiger partial charge in [0.15, 0.2) is 6.61 Å². The van der Waals surface area contributed by atoms with Crippen molar-refractivity contribution in [1.29, 1.82) is 0 Å². The summed E-state index contributed by atoms with van der Waals surface area (Å²) in [4.78, 5) is 4.35. The molecular weight excluding hydrogens is 367 g/mol. The molecule has 0 radical (unpaired) electrons. The second kappa shape index (κ2) is 7.03. The molecule has 4 rings (SSSR count). The van der Waals surface area contributed by atoms with Crippen LogP contribution in [-0.2, 0) is 12.0 Å². The van der Waals surface area contributed by atoms with Gasteiger partial charge in [0.05, 0.1) is 5.02 Å². The molecule has 1 fully saturated rings. The van der Waals surface area contributed by atoms with Gasteiger partial charge in [-0.1, -0.05) is 34.0 Å². The molecular formula is C16H16Cl2N4O3. The molecule has 0 bridgehead atoms. The summed E-state index contributed by atoms with van der Waals surface area (Å²) in [5, 5.41) is 8.54. The Hall–Kier alpha value is -2.09. The van der Waals surface area contributed by atoms with E-state index in [1.807, 2.05) is 12.1 Å². The number of hydrogen-bond donors (Lipinski definition) is 1. The Kier molecular flexibility index (Phi) is 4.99. The van der Waals surface area contributed by atoms with Gasteiger partial charge >= 0.3 is 0 Å². The van der Waals surface area contributed by atoms with Crippen LogP contribution in [0.3, 0.4) is 0 Å². The second-order valence-electron chi connectivity index (χ2n) is 5.80. The Morgan fingerprint density at radius 1 is 1.24 bits per heavy atom. The summed E-state index contributed by atoms with van der Waals surface area (Å²) >= 11 is 6.05. The van der Waals surface area contributed by atoms with Crippen LogP contribution in [0.5, 0.6) is 5.75 Å². The van der Waals surface area contributed by atoms with E-state index in [1.165, 1.54) is 6.26 Å². The highest BCUT2D eigenvalue weighted by Crippen LogP contribution is 2.49. The van der Waals surface area contributed by atoms with Gasteiger partial charge < -0.3 is 19.5 Å². The van der Waals surface area contributed by atoms with Gasteiger partial charge in [0.1, 0.15) is 23.3 Å². The Labute approximate surface area is 154 Å². The van der Waals surface area contributed by atoms with Gasteiger partial charge in [-0.3, -0.25) is 0 Å². The van der Waals surface area contributed by atoms with Crippen LogP contribution >= 0.6 is 24.0 Å². The van der Waals surface area contributed by atoms with Crippen LogP contribution in [-0.4, -0.2) is 21.8 Å². The summed E-state index contributed by atoms with van der Waals surface area (Å²) in [5.41, 5.74) is 7.21. The lowest BCUT2D eigenvalue weighted by molar-refractivity contribution is 0.287. The number of benzene rings is 1. The van der Waals surface area contributed by atoms with Crippen molar-refractivity contribution < 1.29 is 13.8 Å². The molecule has 2 aromatic heterocycles. The Bertz CT molecular complexity index is 860. The second-order valence-corrected chi connectivity index (χ2v) is 6.20. The molecule has 0 unspecified atom stereocenters. The minimum atomic E-state index is -0.120. The van der Waals surface area contributed by atoms with E-state index in [9.17, 15) is 0 Å². The van der Waals surface area contributed by atoms with E-state index in [1.54, 1.807) is 12.1 Å². The van der Waals surface area contributed by atoms with E-state index in [-0.39, 0.29) is 24.4 Å². The first kappa shape index (κ1) is 17.7. The van der Waals surface area contributed by atoms with Crippen molar-refractivity contribution in [3.63, 3.8) is 0 Å². The molecule has 0 atom stereocenters. The monoisotopic (exact) mass is 382 g/mol. The molecule has 0 aliphatic heterocycles. The smallest absolute Gasteiger partial charge is 0.263 e. The van der Waals surface area contributed by atoms with Gasteiger partial charge in [0.2, 0.25) is 5.82 Å². The van der Waals surface area contributed by atoms with E-state index in [4.69, 9.17) is 31.1 Å². The molecule has 1 aliphatic carbocycles. The predicted molar refractivity (Wildman–Crippen MR) is 92.8 cm³/mol. The maximum atomic E-state index is 6.05. The maximum Gasteiger partial charge on any atom is 0.263 e. The van der Waals surface area contributed by atoms with Gasteiger partial charge in [-0.25, -0.2) is 0 Å². The third-order valence-corrected chi connectivity index (χ3v) is 4.52. The Balaban J connectivity index is 0.00000182. The molecule has 132 valence electrons. The van der Waals surface area contributed by atoms with E-state index in [0.29, 0.717) is 34.6 Å². The molecule has 1 aromatic carbocycles. The summed E-state index contributed by atoms with van der Waals surface area (Å²) in [6.45, 7) is 0.666. The fourth-order valence-electron chi connectivity index (χ4n) is 2.59. The molecule has 0 spiro atoms. The van der Waals surface area contributed by atoms with Gasteiger partial charge in [0, 0.05) is 12.0 Å².